The van der Waals surface area contributed by atoms with Crippen LogP contribution in [0.3, 0.4) is 0 Å². The van der Waals surface area contributed by atoms with Gasteiger partial charge in [-0.3, -0.25) is 0 Å². The van der Waals surface area contributed by atoms with E-state index in [0.717, 1.165) is 24.3 Å². The Labute approximate surface area is 101 Å². The van der Waals surface area contributed by atoms with Gasteiger partial charge in [0, 0.05) is 12.3 Å². The van der Waals surface area contributed by atoms with Crippen LogP contribution in [0.5, 0.6) is 0 Å². The van der Waals surface area contributed by atoms with Crippen molar-refractivity contribution in [2.24, 2.45) is 0 Å². The highest BCUT2D eigenvalue weighted by atomic mass is 16.5. The highest BCUT2D eigenvalue weighted by Gasteiger charge is 2.17. The molecule has 2 amide bonds. The number of benzene rings is 1. The molecule has 92 valence electrons. The fourth-order valence-electron chi connectivity index (χ4n) is 1.88. The highest BCUT2D eigenvalue weighted by Crippen LogP contribution is 2.17. The fourth-order valence-corrected chi connectivity index (χ4v) is 1.88. The minimum atomic E-state index is -0.158. The summed E-state index contributed by atoms with van der Waals surface area (Å²) in [5.41, 5.74) is 3.14. The molecule has 4 heteroatoms. The smallest absolute Gasteiger partial charge is 0.319 e. The summed E-state index contributed by atoms with van der Waals surface area (Å²) in [6.45, 7) is 5.38. The van der Waals surface area contributed by atoms with Crippen LogP contribution in [0.15, 0.2) is 18.2 Å². The lowest BCUT2D eigenvalue weighted by Crippen LogP contribution is -2.38. The Morgan fingerprint density at radius 3 is 2.94 bits per heavy atom. The monoisotopic (exact) mass is 234 g/mol. The molecule has 0 spiro atoms. The maximum Gasteiger partial charge on any atom is 0.319 e. The van der Waals surface area contributed by atoms with E-state index in [4.69, 9.17) is 4.74 Å². The average Bonchev–Trinajstić information content (AvgIpc) is 2.77. The molecule has 2 rings (SSSR count). The van der Waals surface area contributed by atoms with Crippen LogP contribution in [0.1, 0.15) is 17.5 Å². The zero-order valence-electron chi connectivity index (χ0n) is 10.2. The number of anilines is 1. The second-order valence-electron chi connectivity index (χ2n) is 4.41. The van der Waals surface area contributed by atoms with E-state index >= 15 is 0 Å². The predicted molar refractivity (Wildman–Crippen MR) is 67.3 cm³/mol. The largest absolute Gasteiger partial charge is 0.379 e. The molecule has 0 bridgehead atoms. The molecule has 4 nitrogen and oxygen atoms in total. The second-order valence-corrected chi connectivity index (χ2v) is 4.41. The van der Waals surface area contributed by atoms with Gasteiger partial charge in [0.05, 0.1) is 12.6 Å². The third kappa shape index (κ3) is 2.97. The summed E-state index contributed by atoms with van der Waals surface area (Å²) in [5.74, 6) is 0. The molecule has 0 saturated carbocycles. The lowest BCUT2D eigenvalue weighted by atomic mass is 10.1. The van der Waals surface area contributed by atoms with Crippen molar-refractivity contribution in [3.8, 4) is 0 Å². The van der Waals surface area contributed by atoms with Gasteiger partial charge in [-0.05, 0) is 37.5 Å². The lowest BCUT2D eigenvalue weighted by Gasteiger charge is -2.14. The van der Waals surface area contributed by atoms with Gasteiger partial charge in [-0.1, -0.05) is 12.1 Å². The van der Waals surface area contributed by atoms with E-state index in [2.05, 4.69) is 10.6 Å². The van der Waals surface area contributed by atoms with Crippen LogP contribution in [0.2, 0.25) is 0 Å². The Balaban J connectivity index is 1.95. The van der Waals surface area contributed by atoms with Crippen molar-refractivity contribution in [1.29, 1.82) is 0 Å². The van der Waals surface area contributed by atoms with Crippen LogP contribution in [0, 0.1) is 13.8 Å². The molecule has 1 aliphatic heterocycles. The van der Waals surface area contributed by atoms with Crippen LogP contribution >= 0.6 is 0 Å². The molecule has 1 fully saturated rings. The van der Waals surface area contributed by atoms with Gasteiger partial charge in [0.25, 0.3) is 0 Å². The number of hydrogen-bond acceptors (Lipinski definition) is 2. The van der Waals surface area contributed by atoms with Crippen molar-refractivity contribution in [3.63, 3.8) is 0 Å². The summed E-state index contributed by atoms with van der Waals surface area (Å²) in [4.78, 5) is 11.8. The van der Waals surface area contributed by atoms with Crippen LogP contribution in [-0.2, 0) is 4.74 Å². The summed E-state index contributed by atoms with van der Waals surface area (Å²) < 4.78 is 5.21. The van der Waals surface area contributed by atoms with Crippen molar-refractivity contribution < 1.29 is 9.53 Å². The van der Waals surface area contributed by atoms with E-state index < -0.39 is 0 Å². The van der Waals surface area contributed by atoms with E-state index in [9.17, 15) is 4.79 Å². The van der Waals surface area contributed by atoms with Gasteiger partial charge in [0.15, 0.2) is 0 Å². The summed E-state index contributed by atoms with van der Waals surface area (Å²) in [6, 6.07) is 5.86. The van der Waals surface area contributed by atoms with Crippen molar-refractivity contribution in [2.75, 3.05) is 18.5 Å². The third-order valence-electron chi connectivity index (χ3n) is 3.12. The van der Waals surface area contributed by atoms with Gasteiger partial charge >= 0.3 is 6.03 Å². The number of hydrogen-bond donors (Lipinski definition) is 2. The fraction of sp³-hybridized carbons (Fsp3) is 0.462. The molecule has 1 atom stereocenters. The van der Waals surface area contributed by atoms with Crippen molar-refractivity contribution in [3.05, 3.63) is 29.3 Å². The number of rotatable bonds is 2. The maximum absolute atomic E-state index is 11.8. The predicted octanol–water partition coefficient (Wildman–Crippen LogP) is 2.21. The zero-order valence-corrected chi connectivity index (χ0v) is 10.2. The summed E-state index contributed by atoms with van der Waals surface area (Å²) in [5, 5.41) is 5.77. The molecular formula is C13H18N2O2. The molecule has 0 aliphatic carbocycles. The summed E-state index contributed by atoms with van der Waals surface area (Å²) in [6.07, 6.45) is 0.889. The van der Waals surface area contributed by atoms with E-state index in [-0.39, 0.29) is 12.1 Å². The Hall–Kier alpha value is -1.55. The number of carbonyl (C=O) groups is 1. The minimum Gasteiger partial charge on any atom is -0.379 e. The van der Waals surface area contributed by atoms with Gasteiger partial charge in [-0.2, -0.15) is 0 Å². The molecular weight excluding hydrogens is 216 g/mol. The van der Waals surface area contributed by atoms with Crippen LogP contribution in [0.4, 0.5) is 10.5 Å². The van der Waals surface area contributed by atoms with Crippen LogP contribution < -0.4 is 10.6 Å². The standard InChI is InChI=1S/C13H18N2O2/c1-9-4-3-5-12(10(9)2)15-13(16)14-11-6-7-17-8-11/h3-5,11H,6-8H2,1-2H3,(H2,14,15,16). The maximum atomic E-state index is 11.8. The molecule has 1 aliphatic rings. The molecule has 0 radical (unpaired) electrons. The lowest BCUT2D eigenvalue weighted by molar-refractivity contribution is 0.189. The first-order valence-corrected chi connectivity index (χ1v) is 5.88. The molecule has 2 N–H and O–H groups in total. The second kappa shape index (κ2) is 5.19. The molecule has 1 aromatic rings. The van der Waals surface area contributed by atoms with Gasteiger partial charge in [-0.15, -0.1) is 0 Å². The van der Waals surface area contributed by atoms with E-state index in [1.54, 1.807) is 0 Å². The van der Waals surface area contributed by atoms with Gasteiger partial charge < -0.3 is 15.4 Å². The molecule has 0 aromatic heterocycles. The van der Waals surface area contributed by atoms with Crippen molar-refractivity contribution >= 4 is 11.7 Å². The van der Waals surface area contributed by atoms with E-state index in [0.29, 0.717) is 6.61 Å². The number of urea groups is 1. The van der Waals surface area contributed by atoms with Gasteiger partial charge in [0.2, 0.25) is 0 Å². The number of aryl methyl sites for hydroxylation is 1. The van der Waals surface area contributed by atoms with E-state index in [1.165, 1.54) is 5.56 Å². The number of nitrogens with one attached hydrogen (secondary N) is 2. The van der Waals surface area contributed by atoms with Gasteiger partial charge in [-0.25, -0.2) is 4.79 Å². The average molecular weight is 234 g/mol. The van der Waals surface area contributed by atoms with Crippen molar-refractivity contribution in [1.82, 2.24) is 5.32 Å². The first-order valence-electron chi connectivity index (χ1n) is 5.88. The Kier molecular flexibility index (Phi) is 3.64. The summed E-state index contributed by atoms with van der Waals surface area (Å²) in [7, 11) is 0. The highest BCUT2D eigenvalue weighted by molar-refractivity contribution is 5.90. The SMILES string of the molecule is Cc1cccc(NC(=O)NC2CCOC2)c1C. The third-order valence-corrected chi connectivity index (χ3v) is 3.12. The van der Waals surface area contributed by atoms with Crippen LogP contribution in [0.25, 0.3) is 0 Å². The molecule has 1 heterocycles. The van der Waals surface area contributed by atoms with Crippen LogP contribution in [-0.4, -0.2) is 25.3 Å². The number of carbonyl (C=O) groups excluding carboxylic acids is 1. The normalized spacial score (nSPS) is 19.1. The topological polar surface area (TPSA) is 50.4 Å². The van der Waals surface area contributed by atoms with Gasteiger partial charge in [0.1, 0.15) is 0 Å². The van der Waals surface area contributed by atoms with Crippen molar-refractivity contribution in [2.45, 2.75) is 26.3 Å². The molecule has 1 unspecified atom stereocenters. The Bertz CT molecular complexity index is 412. The minimum absolute atomic E-state index is 0.139. The molecule has 1 saturated heterocycles. The number of amides is 2. The first kappa shape index (κ1) is 11.9. The molecule has 1 aromatic carbocycles. The molecule has 17 heavy (non-hydrogen) atoms. The van der Waals surface area contributed by atoms with E-state index in [1.807, 2.05) is 32.0 Å². The Morgan fingerprint density at radius 1 is 1.41 bits per heavy atom. The number of ether oxygens (including phenoxy) is 1. The zero-order chi connectivity index (χ0) is 12.3. The summed E-state index contributed by atoms with van der Waals surface area (Å²) >= 11 is 0. The first-order chi connectivity index (χ1) is 8.16. The Morgan fingerprint density at radius 2 is 2.24 bits per heavy atom. The quantitative estimate of drug-likeness (QED) is 0.824.